The summed E-state index contributed by atoms with van der Waals surface area (Å²) in [7, 11) is 1.50. The minimum Gasteiger partial charge on any atom is -0.495 e. The molecule has 1 saturated heterocycles. The van der Waals surface area contributed by atoms with Gasteiger partial charge in [0.2, 0.25) is 5.91 Å². The summed E-state index contributed by atoms with van der Waals surface area (Å²) in [6, 6.07) is 11.9. The summed E-state index contributed by atoms with van der Waals surface area (Å²) in [6.07, 6.45) is 0. The van der Waals surface area contributed by atoms with Crippen LogP contribution >= 0.6 is 15.9 Å². The van der Waals surface area contributed by atoms with E-state index in [0.29, 0.717) is 17.1 Å². The summed E-state index contributed by atoms with van der Waals surface area (Å²) in [5, 5.41) is 11.8. The third-order valence-corrected chi connectivity index (χ3v) is 5.16. The Kier molecular flexibility index (Phi) is 5.01. The lowest BCUT2D eigenvalue weighted by Crippen LogP contribution is -2.43. The van der Waals surface area contributed by atoms with E-state index in [1.54, 1.807) is 48.5 Å². The largest absolute Gasteiger partial charge is 0.495 e. The van der Waals surface area contributed by atoms with Gasteiger partial charge >= 0.3 is 0 Å². The van der Waals surface area contributed by atoms with Crippen LogP contribution in [-0.2, 0) is 14.4 Å². The first-order valence-corrected chi connectivity index (χ1v) is 9.52. The van der Waals surface area contributed by atoms with Crippen molar-refractivity contribution in [3.8, 4) is 5.75 Å². The van der Waals surface area contributed by atoms with Gasteiger partial charge in [-0.3, -0.25) is 19.4 Å². The zero-order valence-electron chi connectivity index (χ0n) is 15.3. The first kappa shape index (κ1) is 19.1. The molecule has 10 heteroatoms. The van der Waals surface area contributed by atoms with Gasteiger partial charge in [-0.15, -0.1) is 0 Å². The van der Waals surface area contributed by atoms with Gasteiger partial charge < -0.3 is 10.1 Å². The second-order valence-electron chi connectivity index (χ2n) is 6.43. The highest BCUT2D eigenvalue weighted by Crippen LogP contribution is 2.32. The van der Waals surface area contributed by atoms with E-state index in [1.165, 1.54) is 12.1 Å². The van der Waals surface area contributed by atoms with Gasteiger partial charge in [-0.25, -0.2) is 4.90 Å². The molecular formula is C19H16BrN5O4. The predicted molar refractivity (Wildman–Crippen MR) is 107 cm³/mol. The van der Waals surface area contributed by atoms with Crippen LogP contribution in [0.1, 0.15) is 0 Å². The van der Waals surface area contributed by atoms with E-state index in [0.717, 1.165) is 9.37 Å². The first-order valence-electron chi connectivity index (χ1n) is 8.73. The van der Waals surface area contributed by atoms with Crippen LogP contribution in [0.5, 0.6) is 5.75 Å². The number of rotatable bonds is 5. The molecule has 148 valence electrons. The summed E-state index contributed by atoms with van der Waals surface area (Å²) in [6.45, 7) is -0.226. The summed E-state index contributed by atoms with van der Waals surface area (Å²) in [5.74, 6) is -0.817. The fraction of sp³-hybridized carbons (Fsp3) is 0.211. The Morgan fingerprint density at radius 2 is 1.86 bits per heavy atom. The second-order valence-corrected chi connectivity index (χ2v) is 7.34. The zero-order chi connectivity index (χ0) is 20.5. The van der Waals surface area contributed by atoms with Crippen molar-refractivity contribution in [2.75, 3.05) is 23.9 Å². The van der Waals surface area contributed by atoms with E-state index >= 15 is 0 Å². The molecule has 1 fully saturated rings. The molecule has 2 aliphatic rings. The number of carbonyl (C=O) groups is 3. The number of carbonyl (C=O) groups excluding carboxylic acids is 3. The van der Waals surface area contributed by atoms with Crippen molar-refractivity contribution in [3.63, 3.8) is 0 Å². The van der Waals surface area contributed by atoms with E-state index in [4.69, 9.17) is 4.74 Å². The number of ether oxygens (including phenoxy) is 1. The smallest absolute Gasteiger partial charge is 0.263 e. The van der Waals surface area contributed by atoms with Crippen LogP contribution in [0.2, 0.25) is 0 Å². The Balaban J connectivity index is 1.49. The lowest BCUT2D eigenvalue weighted by atomic mass is 10.1. The van der Waals surface area contributed by atoms with Gasteiger partial charge in [-0.05, 0) is 36.4 Å². The standard InChI is InChI=1S/C19H16BrN5O4/c1-29-14-5-3-2-4-13(14)21-15(26)10-24-17-16(22-23-24)18(27)25(19(17)28)12-8-6-11(20)7-9-12/h2-9,16-17H,10H2,1H3,(H,21,26). The number of para-hydroxylation sites is 2. The minimum atomic E-state index is -0.954. The SMILES string of the molecule is COc1ccccc1NC(=O)CN1N=NC2C(=O)N(c3ccc(Br)cc3)C(=O)C21. The number of methoxy groups -OCH3 is 1. The monoisotopic (exact) mass is 457 g/mol. The van der Waals surface area contributed by atoms with Crippen molar-refractivity contribution in [3.05, 3.63) is 53.0 Å². The number of benzene rings is 2. The molecule has 0 aliphatic carbocycles. The van der Waals surface area contributed by atoms with Crippen LogP contribution in [0.4, 0.5) is 11.4 Å². The van der Waals surface area contributed by atoms with Crippen molar-refractivity contribution < 1.29 is 19.1 Å². The van der Waals surface area contributed by atoms with Gasteiger partial charge in [0.25, 0.3) is 11.8 Å². The summed E-state index contributed by atoms with van der Waals surface area (Å²) >= 11 is 3.32. The molecule has 1 N–H and O–H groups in total. The van der Waals surface area contributed by atoms with Crippen LogP contribution in [0.25, 0.3) is 0 Å². The Morgan fingerprint density at radius 3 is 2.59 bits per heavy atom. The molecule has 0 radical (unpaired) electrons. The first-order chi connectivity index (χ1) is 14.0. The van der Waals surface area contributed by atoms with E-state index in [1.807, 2.05) is 0 Å². The van der Waals surface area contributed by atoms with Crippen molar-refractivity contribution >= 4 is 45.0 Å². The topological polar surface area (TPSA) is 104 Å². The van der Waals surface area contributed by atoms with Crippen molar-refractivity contribution in [1.29, 1.82) is 0 Å². The highest BCUT2D eigenvalue weighted by Gasteiger charge is 2.55. The molecule has 0 bridgehead atoms. The molecule has 2 heterocycles. The van der Waals surface area contributed by atoms with Gasteiger partial charge in [-0.2, -0.15) is 5.11 Å². The number of hydrogen-bond donors (Lipinski definition) is 1. The highest BCUT2D eigenvalue weighted by atomic mass is 79.9. The Bertz CT molecular complexity index is 1010. The van der Waals surface area contributed by atoms with E-state index in [2.05, 4.69) is 31.6 Å². The van der Waals surface area contributed by atoms with Crippen molar-refractivity contribution in [2.45, 2.75) is 12.1 Å². The molecule has 29 heavy (non-hydrogen) atoms. The quantitative estimate of drug-likeness (QED) is 0.694. The summed E-state index contributed by atoms with van der Waals surface area (Å²) < 4.78 is 6.04. The number of hydrogen-bond acceptors (Lipinski definition) is 7. The molecule has 0 saturated carbocycles. The molecule has 0 spiro atoms. The number of nitrogens with one attached hydrogen (secondary N) is 1. The minimum absolute atomic E-state index is 0.226. The van der Waals surface area contributed by atoms with Gasteiger partial charge in [0.1, 0.15) is 12.3 Å². The van der Waals surface area contributed by atoms with Crippen LogP contribution in [0.3, 0.4) is 0 Å². The molecular weight excluding hydrogens is 442 g/mol. The second kappa shape index (κ2) is 7.63. The molecule has 2 aliphatic heterocycles. The molecule has 4 rings (SSSR count). The van der Waals surface area contributed by atoms with Crippen LogP contribution in [0.15, 0.2) is 63.3 Å². The number of imide groups is 1. The highest BCUT2D eigenvalue weighted by molar-refractivity contribution is 9.10. The molecule has 3 amide bonds. The Labute approximate surface area is 174 Å². The third-order valence-electron chi connectivity index (χ3n) is 4.63. The number of amides is 3. The molecule has 0 aromatic heterocycles. The molecule has 2 atom stereocenters. The van der Waals surface area contributed by atoms with E-state index < -0.39 is 29.8 Å². The number of anilines is 2. The number of nitrogens with zero attached hydrogens (tertiary/aromatic N) is 4. The lowest BCUT2D eigenvalue weighted by molar-refractivity contribution is -0.123. The number of fused-ring (bicyclic) bond motifs is 1. The Hall–Kier alpha value is -3.27. The molecule has 2 aromatic rings. The zero-order valence-corrected chi connectivity index (χ0v) is 16.9. The van der Waals surface area contributed by atoms with Gasteiger partial charge in [0.15, 0.2) is 12.1 Å². The van der Waals surface area contributed by atoms with Crippen LogP contribution in [-0.4, -0.2) is 48.5 Å². The van der Waals surface area contributed by atoms with Crippen LogP contribution in [0, 0.1) is 0 Å². The fourth-order valence-corrected chi connectivity index (χ4v) is 3.55. The van der Waals surface area contributed by atoms with Gasteiger partial charge in [0.05, 0.1) is 18.5 Å². The normalized spacial score (nSPS) is 20.2. The lowest BCUT2D eigenvalue weighted by Gasteiger charge is -2.20. The summed E-state index contributed by atoms with van der Waals surface area (Å²) in [4.78, 5) is 39.2. The van der Waals surface area contributed by atoms with E-state index in [9.17, 15) is 14.4 Å². The average Bonchev–Trinajstić information content (AvgIpc) is 3.23. The molecule has 9 nitrogen and oxygen atoms in total. The van der Waals surface area contributed by atoms with Crippen molar-refractivity contribution in [2.24, 2.45) is 10.3 Å². The molecule has 2 aromatic carbocycles. The number of halogens is 1. The summed E-state index contributed by atoms with van der Waals surface area (Å²) in [5.41, 5.74) is 0.948. The average molecular weight is 458 g/mol. The molecule has 2 unspecified atom stereocenters. The maximum absolute atomic E-state index is 12.9. The third kappa shape index (κ3) is 3.46. The van der Waals surface area contributed by atoms with Crippen molar-refractivity contribution in [1.82, 2.24) is 5.01 Å². The van der Waals surface area contributed by atoms with Gasteiger partial charge in [-0.1, -0.05) is 33.3 Å². The Morgan fingerprint density at radius 1 is 1.14 bits per heavy atom. The fourth-order valence-electron chi connectivity index (χ4n) is 3.28. The maximum atomic E-state index is 12.9. The van der Waals surface area contributed by atoms with Crippen LogP contribution < -0.4 is 15.0 Å². The maximum Gasteiger partial charge on any atom is 0.263 e. The van der Waals surface area contributed by atoms with E-state index in [-0.39, 0.29) is 6.54 Å². The van der Waals surface area contributed by atoms with Gasteiger partial charge in [0, 0.05) is 4.47 Å². The predicted octanol–water partition coefficient (Wildman–Crippen LogP) is 2.39.